The van der Waals surface area contributed by atoms with Crippen molar-refractivity contribution in [1.82, 2.24) is 29.5 Å². The molecule has 0 radical (unpaired) electrons. The molecule has 0 bridgehead atoms. The summed E-state index contributed by atoms with van der Waals surface area (Å²) in [5.41, 5.74) is 3.80. The average Bonchev–Trinajstić information content (AvgIpc) is 2.92. The fraction of sp³-hybridized carbons (Fsp3) is 0.429. The number of hydrogen-bond acceptors (Lipinski definition) is 4. The molecule has 0 amide bonds. The van der Waals surface area contributed by atoms with Crippen LogP contribution < -0.4 is 0 Å². The van der Waals surface area contributed by atoms with Crippen LogP contribution in [0.1, 0.15) is 24.7 Å². The highest BCUT2D eigenvalue weighted by Crippen LogP contribution is 2.29. The first-order chi connectivity index (χ1) is 10.0. The summed E-state index contributed by atoms with van der Waals surface area (Å²) in [6.45, 7) is 6.94. The van der Waals surface area contributed by atoms with E-state index < -0.39 is 0 Å². The number of aryl methyl sites for hydroxylation is 3. The van der Waals surface area contributed by atoms with Crippen molar-refractivity contribution in [3.05, 3.63) is 22.2 Å². The highest BCUT2D eigenvalue weighted by Gasteiger charge is 2.17. The molecule has 21 heavy (non-hydrogen) atoms. The lowest BCUT2D eigenvalue weighted by Crippen LogP contribution is -2.01. The van der Waals surface area contributed by atoms with Gasteiger partial charge in [-0.25, -0.2) is 4.98 Å². The van der Waals surface area contributed by atoms with Gasteiger partial charge in [0.05, 0.1) is 11.1 Å². The molecule has 7 heteroatoms. The lowest BCUT2D eigenvalue weighted by Gasteiger charge is -2.08. The number of rotatable bonds is 3. The minimum atomic E-state index is 0.649. The second-order valence-corrected chi connectivity index (χ2v) is 5.61. The second kappa shape index (κ2) is 5.07. The van der Waals surface area contributed by atoms with Gasteiger partial charge in [0.1, 0.15) is 0 Å². The molecule has 1 N–H and O–H groups in total. The Morgan fingerprint density at radius 1 is 1.33 bits per heavy atom. The molecule has 0 saturated carbocycles. The molecular weight excluding hydrogens is 284 g/mol. The predicted molar refractivity (Wildman–Crippen MR) is 84.7 cm³/mol. The molecule has 0 unspecified atom stereocenters. The summed E-state index contributed by atoms with van der Waals surface area (Å²) in [7, 11) is 1.91. The number of hydrogen-bond donors (Lipinski definition) is 1. The van der Waals surface area contributed by atoms with Crippen LogP contribution in [0.5, 0.6) is 0 Å². The normalized spacial score (nSPS) is 11.4. The van der Waals surface area contributed by atoms with Gasteiger partial charge < -0.3 is 4.57 Å². The third-order valence-corrected chi connectivity index (χ3v) is 3.85. The molecular formula is C14H18N6S. The summed E-state index contributed by atoms with van der Waals surface area (Å²) in [5, 5.41) is 12.8. The molecule has 0 fully saturated rings. The zero-order valence-electron chi connectivity index (χ0n) is 12.6. The van der Waals surface area contributed by atoms with Crippen LogP contribution in [0.4, 0.5) is 0 Å². The monoisotopic (exact) mass is 302 g/mol. The van der Waals surface area contributed by atoms with Crippen molar-refractivity contribution >= 4 is 23.3 Å². The summed E-state index contributed by atoms with van der Waals surface area (Å²) < 4.78 is 4.50. The first-order valence-electron chi connectivity index (χ1n) is 6.99. The maximum atomic E-state index is 5.34. The van der Waals surface area contributed by atoms with Crippen LogP contribution in [0.3, 0.4) is 0 Å². The Kier molecular flexibility index (Phi) is 3.36. The van der Waals surface area contributed by atoms with E-state index in [4.69, 9.17) is 12.2 Å². The van der Waals surface area contributed by atoms with Crippen LogP contribution in [0.2, 0.25) is 0 Å². The van der Waals surface area contributed by atoms with Gasteiger partial charge in [-0.15, -0.1) is 0 Å². The van der Waals surface area contributed by atoms with Crippen LogP contribution in [-0.2, 0) is 13.6 Å². The van der Waals surface area contributed by atoms with Crippen molar-refractivity contribution in [2.24, 2.45) is 7.05 Å². The van der Waals surface area contributed by atoms with Gasteiger partial charge in [0.15, 0.2) is 16.2 Å². The summed E-state index contributed by atoms with van der Waals surface area (Å²) in [4.78, 5) is 4.59. The van der Waals surface area contributed by atoms with E-state index >= 15 is 0 Å². The fourth-order valence-electron chi connectivity index (χ4n) is 2.70. The Hall–Kier alpha value is -2.02. The molecule has 0 aliphatic heterocycles. The molecule has 3 heterocycles. The van der Waals surface area contributed by atoms with E-state index in [1.54, 1.807) is 0 Å². The SMILES string of the molecule is CCCn1c(-c2cc(C)nc3c2c(C)nn3C)n[nH]c1=S. The van der Waals surface area contributed by atoms with Crippen LogP contribution in [0, 0.1) is 18.6 Å². The Morgan fingerprint density at radius 3 is 2.81 bits per heavy atom. The molecule has 0 spiro atoms. The van der Waals surface area contributed by atoms with Crippen molar-refractivity contribution in [2.45, 2.75) is 33.7 Å². The van der Waals surface area contributed by atoms with Crippen molar-refractivity contribution in [1.29, 1.82) is 0 Å². The third-order valence-electron chi connectivity index (χ3n) is 3.54. The van der Waals surface area contributed by atoms with E-state index in [9.17, 15) is 0 Å². The fourth-order valence-corrected chi connectivity index (χ4v) is 2.92. The summed E-state index contributed by atoms with van der Waals surface area (Å²) >= 11 is 5.34. The van der Waals surface area contributed by atoms with Gasteiger partial charge in [-0.3, -0.25) is 9.78 Å². The molecule has 3 aromatic rings. The summed E-state index contributed by atoms with van der Waals surface area (Å²) in [5.74, 6) is 0.855. The van der Waals surface area contributed by atoms with Gasteiger partial charge in [0.25, 0.3) is 0 Å². The highest BCUT2D eigenvalue weighted by atomic mass is 32.1. The maximum Gasteiger partial charge on any atom is 0.195 e. The molecule has 3 rings (SSSR count). The number of pyridine rings is 1. The number of nitrogens with one attached hydrogen (secondary N) is 1. The quantitative estimate of drug-likeness (QED) is 0.756. The van der Waals surface area contributed by atoms with Crippen LogP contribution >= 0.6 is 12.2 Å². The first kappa shape index (κ1) is 13.9. The smallest absolute Gasteiger partial charge is 0.195 e. The number of nitrogens with zero attached hydrogens (tertiary/aromatic N) is 5. The van der Waals surface area contributed by atoms with Crippen LogP contribution in [0.25, 0.3) is 22.4 Å². The topological polar surface area (TPSA) is 64.3 Å². The van der Waals surface area contributed by atoms with Crippen molar-refractivity contribution in [3.8, 4) is 11.4 Å². The number of H-pyrrole nitrogens is 1. The lowest BCUT2D eigenvalue weighted by molar-refractivity contribution is 0.675. The standard InChI is InChI=1S/C14H18N6S/c1-5-6-20-12(16-17-14(20)21)10-7-8(2)15-13-11(10)9(3)18-19(13)4/h7H,5-6H2,1-4H3,(H,17,21). The van der Waals surface area contributed by atoms with Gasteiger partial charge in [0.2, 0.25) is 0 Å². The van der Waals surface area contributed by atoms with E-state index in [0.717, 1.165) is 46.8 Å². The number of aromatic nitrogens is 6. The largest absolute Gasteiger partial charge is 0.300 e. The maximum absolute atomic E-state index is 5.34. The van der Waals surface area contributed by atoms with E-state index in [0.29, 0.717) is 4.77 Å². The first-order valence-corrected chi connectivity index (χ1v) is 7.40. The zero-order chi connectivity index (χ0) is 15.1. The van der Waals surface area contributed by atoms with E-state index in [1.807, 2.05) is 36.2 Å². The molecule has 3 aromatic heterocycles. The third kappa shape index (κ3) is 2.17. The van der Waals surface area contributed by atoms with Crippen molar-refractivity contribution < 1.29 is 0 Å². The Balaban J connectivity index is 2.37. The van der Waals surface area contributed by atoms with E-state index in [1.165, 1.54) is 0 Å². The molecule has 0 aliphatic carbocycles. The van der Waals surface area contributed by atoms with Crippen molar-refractivity contribution in [3.63, 3.8) is 0 Å². The average molecular weight is 302 g/mol. The number of fused-ring (bicyclic) bond motifs is 1. The number of aromatic amines is 1. The second-order valence-electron chi connectivity index (χ2n) is 5.22. The van der Waals surface area contributed by atoms with E-state index in [-0.39, 0.29) is 0 Å². The molecule has 0 atom stereocenters. The van der Waals surface area contributed by atoms with Gasteiger partial charge >= 0.3 is 0 Å². The van der Waals surface area contributed by atoms with Gasteiger partial charge in [0, 0.05) is 24.8 Å². The molecule has 0 aliphatic rings. The van der Waals surface area contributed by atoms with Crippen LogP contribution in [0.15, 0.2) is 6.07 Å². The van der Waals surface area contributed by atoms with Gasteiger partial charge in [-0.1, -0.05) is 6.92 Å². The van der Waals surface area contributed by atoms with E-state index in [2.05, 4.69) is 27.2 Å². The van der Waals surface area contributed by atoms with Gasteiger partial charge in [-0.05, 0) is 38.6 Å². The molecule has 0 saturated heterocycles. The lowest BCUT2D eigenvalue weighted by atomic mass is 10.1. The van der Waals surface area contributed by atoms with Crippen LogP contribution in [-0.4, -0.2) is 29.5 Å². The molecule has 0 aromatic carbocycles. The Morgan fingerprint density at radius 2 is 2.10 bits per heavy atom. The Bertz CT molecular complexity index is 870. The van der Waals surface area contributed by atoms with Crippen molar-refractivity contribution in [2.75, 3.05) is 0 Å². The summed E-state index contributed by atoms with van der Waals surface area (Å²) in [6.07, 6.45) is 1.00. The predicted octanol–water partition coefficient (Wildman–Crippen LogP) is 2.92. The molecule has 110 valence electrons. The Labute approximate surface area is 127 Å². The minimum absolute atomic E-state index is 0.649. The molecule has 6 nitrogen and oxygen atoms in total. The zero-order valence-corrected chi connectivity index (χ0v) is 13.5. The highest BCUT2D eigenvalue weighted by molar-refractivity contribution is 7.71. The van der Waals surface area contributed by atoms with Gasteiger partial charge in [-0.2, -0.15) is 10.2 Å². The summed E-state index contributed by atoms with van der Waals surface area (Å²) in [6, 6.07) is 2.05. The minimum Gasteiger partial charge on any atom is -0.300 e.